The fourth-order valence-corrected chi connectivity index (χ4v) is 2.94. The lowest BCUT2D eigenvalue weighted by molar-refractivity contribution is -0.116. The number of amides is 2. The number of benzene rings is 1. The summed E-state index contributed by atoms with van der Waals surface area (Å²) < 4.78 is 0. The smallest absolute Gasteiger partial charge is 0.264 e. The molecule has 5 nitrogen and oxygen atoms in total. The summed E-state index contributed by atoms with van der Waals surface area (Å²) in [5, 5.41) is 4.94. The largest absolute Gasteiger partial charge is 0.396 e. The van der Waals surface area contributed by atoms with Crippen LogP contribution in [0.3, 0.4) is 0 Å². The van der Waals surface area contributed by atoms with E-state index in [1.54, 1.807) is 24.6 Å². The number of hydrogen-bond acceptors (Lipinski definition) is 4. The van der Waals surface area contributed by atoms with Gasteiger partial charge in [-0.05, 0) is 23.6 Å². The highest BCUT2D eigenvalue weighted by molar-refractivity contribution is 7.12. The molecule has 0 atom stereocenters. The van der Waals surface area contributed by atoms with Crippen molar-refractivity contribution >= 4 is 57.7 Å². The highest BCUT2D eigenvalue weighted by atomic mass is 35.5. The van der Waals surface area contributed by atoms with Crippen molar-refractivity contribution in [2.45, 2.75) is 0 Å². The number of hydrogen-bond donors (Lipinski definition) is 2. The van der Waals surface area contributed by atoms with Crippen LogP contribution in [0.2, 0.25) is 10.0 Å². The van der Waals surface area contributed by atoms with Gasteiger partial charge in [0.05, 0.1) is 27.2 Å². The van der Waals surface area contributed by atoms with Gasteiger partial charge in [0, 0.05) is 12.7 Å². The quantitative estimate of drug-likeness (QED) is 0.823. The second kappa shape index (κ2) is 7.00. The SMILES string of the molecule is CN(CC(=O)Nc1cc(Cl)c(N)c(Cl)c1)C(=O)c1cccs1. The van der Waals surface area contributed by atoms with E-state index in [9.17, 15) is 9.59 Å². The zero-order valence-corrected chi connectivity index (χ0v) is 13.9. The van der Waals surface area contributed by atoms with Crippen LogP contribution in [0.4, 0.5) is 11.4 Å². The molecular formula is C14H13Cl2N3O2S. The Morgan fingerprint density at radius 1 is 1.32 bits per heavy atom. The van der Waals surface area contributed by atoms with Crippen LogP contribution in [0.1, 0.15) is 9.67 Å². The summed E-state index contributed by atoms with van der Waals surface area (Å²) in [5.74, 6) is -0.567. The maximum absolute atomic E-state index is 12.0. The molecule has 0 unspecified atom stereocenters. The first kappa shape index (κ1) is 16.6. The predicted molar refractivity (Wildman–Crippen MR) is 90.8 cm³/mol. The van der Waals surface area contributed by atoms with Crippen LogP contribution < -0.4 is 11.1 Å². The molecule has 2 aromatic rings. The third-order valence-electron chi connectivity index (χ3n) is 2.82. The number of nitrogens with two attached hydrogens (primary N) is 1. The standard InChI is InChI=1S/C14H13Cl2N3O2S/c1-19(14(21)11-3-2-4-22-11)7-12(20)18-8-5-9(15)13(17)10(16)6-8/h2-6H,7,17H2,1H3,(H,18,20). The molecule has 2 amide bonds. The van der Waals surface area contributed by atoms with Crippen molar-refractivity contribution in [2.24, 2.45) is 0 Å². The van der Waals surface area contributed by atoms with Crippen molar-refractivity contribution in [1.29, 1.82) is 0 Å². The Bertz CT molecular complexity index is 681. The molecule has 0 bridgehead atoms. The molecule has 116 valence electrons. The number of carbonyl (C=O) groups is 2. The summed E-state index contributed by atoms with van der Waals surface area (Å²) in [7, 11) is 1.56. The molecule has 1 aromatic heterocycles. The van der Waals surface area contributed by atoms with E-state index in [1.165, 1.54) is 28.4 Å². The van der Waals surface area contributed by atoms with Gasteiger partial charge < -0.3 is 16.0 Å². The number of anilines is 2. The topological polar surface area (TPSA) is 75.4 Å². The molecule has 1 heterocycles. The Balaban J connectivity index is 2.00. The number of nitrogens with one attached hydrogen (secondary N) is 1. The minimum Gasteiger partial charge on any atom is -0.396 e. The molecule has 0 saturated heterocycles. The molecule has 3 N–H and O–H groups in total. The first-order valence-corrected chi connectivity index (χ1v) is 7.85. The molecule has 8 heteroatoms. The van der Waals surface area contributed by atoms with Crippen LogP contribution in [0.25, 0.3) is 0 Å². The Morgan fingerprint density at radius 3 is 2.50 bits per heavy atom. The number of thiophene rings is 1. The monoisotopic (exact) mass is 357 g/mol. The molecule has 0 radical (unpaired) electrons. The van der Waals surface area contributed by atoms with Crippen LogP contribution in [0.15, 0.2) is 29.6 Å². The van der Waals surface area contributed by atoms with E-state index in [1.807, 2.05) is 0 Å². The van der Waals surface area contributed by atoms with Crippen LogP contribution in [0.5, 0.6) is 0 Å². The summed E-state index contributed by atoms with van der Waals surface area (Å²) in [5.41, 5.74) is 6.31. The van der Waals surface area contributed by atoms with E-state index in [2.05, 4.69) is 5.32 Å². The molecule has 0 aliphatic carbocycles. The van der Waals surface area contributed by atoms with Crippen LogP contribution in [-0.2, 0) is 4.79 Å². The number of halogens is 2. The van der Waals surface area contributed by atoms with Crippen LogP contribution >= 0.6 is 34.5 Å². The summed E-state index contributed by atoms with van der Waals surface area (Å²) in [6, 6.07) is 6.49. The van der Waals surface area contributed by atoms with Gasteiger partial charge in [-0.15, -0.1) is 11.3 Å². The normalized spacial score (nSPS) is 10.3. The van der Waals surface area contributed by atoms with E-state index in [0.29, 0.717) is 10.6 Å². The molecule has 2 rings (SSSR count). The Kier molecular flexibility index (Phi) is 5.28. The van der Waals surface area contributed by atoms with E-state index < -0.39 is 0 Å². The average molecular weight is 358 g/mol. The number of nitrogens with zero attached hydrogens (tertiary/aromatic N) is 1. The van der Waals surface area contributed by atoms with Crippen molar-refractivity contribution in [1.82, 2.24) is 4.90 Å². The number of nitrogen functional groups attached to an aromatic ring is 1. The average Bonchev–Trinajstić information content (AvgIpc) is 2.97. The van der Waals surface area contributed by atoms with Gasteiger partial charge in [0.25, 0.3) is 5.91 Å². The van der Waals surface area contributed by atoms with Gasteiger partial charge in [-0.2, -0.15) is 0 Å². The minimum absolute atomic E-state index is 0.0870. The van der Waals surface area contributed by atoms with E-state index >= 15 is 0 Å². The molecule has 0 aliphatic rings. The summed E-state index contributed by atoms with van der Waals surface area (Å²) in [6.45, 7) is -0.0870. The van der Waals surface area contributed by atoms with Gasteiger partial charge in [0.2, 0.25) is 5.91 Å². The lowest BCUT2D eigenvalue weighted by atomic mass is 10.2. The molecule has 1 aromatic carbocycles. The van der Waals surface area contributed by atoms with E-state index in [0.717, 1.165) is 0 Å². The van der Waals surface area contributed by atoms with Crippen molar-refractivity contribution in [3.8, 4) is 0 Å². The fourth-order valence-electron chi connectivity index (χ4n) is 1.73. The van der Waals surface area contributed by atoms with Crippen molar-refractivity contribution in [2.75, 3.05) is 24.6 Å². The number of carbonyl (C=O) groups excluding carboxylic acids is 2. The third kappa shape index (κ3) is 3.91. The maximum Gasteiger partial charge on any atom is 0.264 e. The molecule has 0 spiro atoms. The van der Waals surface area contributed by atoms with Gasteiger partial charge in [-0.25, -0.2) is 0 Å². The second-order valence-electron chi connectivity index (χ2n) is 4.54. The van der Waals surface area contributed by atoms with E-state index in [-0.39, 0.29) is 34.1 Å². The summed E-state index contributed by atoms with van der Waals surface area (Å²) in [4.78, 5) is 25.9. The zero-order chi connectivity index (χ0) is 16.3. The number of rotatable bonds is 4. The first-order chi connectivity index (χ1) is 10.4. The summed E-state index contributed by atoms with van der Waals surface area (Å²) in [6.07, 6.45) is 0. The predicted octanol–water partition coefficient (Wildman–Crippen LogP) is 3.35. The Hall–Kier alpha value is -1.76. The lowest BCUT2D eigenvalue weighted by Crippen LogP contribution is -2.34. The first-order valence-electron chi connectivity index (χ1n) is 6.22. The van der Waals surface area contributed by atoms with Crippen molar-refractivity contribution < 1.29 is 9.59 Å². The van der Waals surface area contributed by atoms with Gasteiger partial charge in [0.15, 0.2) is 0 Å². The minimum atomic E-state index is -0.357. The Morgan fingerprint density at radius 2 is 1.95 bits per heavy atom. The maximum atomic E-state index is 12.0. The van der Waals surface area contributed by atoms with Crippen LogP contribution in [0, 0.1) is 0 Å². The molecular weight excluding hydrogens is 345 g/mol. The second-order valence-corrected chi connectivity index (χ2v) is 6.30. The zero-order valence-electron chi connectivity index (χ0n) is 11.6. The molecule has 22 heavy (non-hydrogen) atoms. The van der Waals surface area contributed by atoms with Gasteiger partial charge in [-0.1, -0.05) is 29.3 Å². The molecule has 0 aliphatic heterocycles. The highest BCUT2D eigenvalue weighted by Crippen LogP contribution is 2.31. The van der Waals surface area contributed by atoms with E-state index in [4.69, 9.17) is 28.9 Å². The van der Waals surface area contributed by atoms with Crippen LogP contribution in [-0.4, -0.2) is 30.3 Å². The van der Waals surface area contributed by atoms with Gasteiger partial charge in [0.1, 0.15) is 0 Å². The van der Waals surface area contributed by atoms with Gasteiger partial charge >= 0.3 is 0 Å². The van der Waals surface area contributed by atoms with Crippen molar-refractivity contribution in [3.63, 3.8) is 0 Å². The van der Waals surface area contributed by atoms with Crippen molar-refractivity contribution in [3.05, 3.63) is 44.6 Å². The lowest BCUT2D eigenvalue weighted by Gasteiger charge is -2.16. The molecule has 0 saturated carbocycles. The fraction of sp³-hybridized carbons (Fsp3) is 0.143. The highest BCUT2D eigenvalue weighted by Gasteiger charge is 2.16. The number of likely N-dealkylation sites (N-methyl/N-ethyl adjacent to an activating group) is 1. The van der Waals surface area contributed by atoms with Gasteiger partial charge in [-0.3, -0.25) is 9.59 Å². The summed E-state index contributed by atoms with van der Waals surface area (Å²) >= 11 is 13.1. The third-order valence-corrected chi connectivity index (χ3v) is 4.31. The molecule has 0 fully saturated rings. The Labute approximate surface area is 141 Å².